The molecule has 1 heterocycles. The van der Waals surface area contributed by atoms with Crippen LogP contribution in [0.1, 0.15) is 21.6 Å². The number of esters is 1. The normalized spacial score (nSPS) is 10.7. The Morgan fingerprint density at radius 1 is 0.722 bits per heavy atom. The minimum atomic E-state index is -0.313. The van der Waals surface area contributed by atoms with Gasteiger partial charge in [-0.25, -0.2) is 9.78 Å². The molecule has 5 nitrogen and oxygen atoms in total. The highest BCUT2D eigenvalue weighted by atomic mass is 16.5. The number of rotatable bonds is 9. The van der Waals surface area contributed by atoms with Gasteiger partial charge in [-0.3, -0.25) is 0 Å². The number of nitrogens with zero attached hydrogens (tertiary/aromatic N) is 1. The molecule has 178 valence electrons. The first-order valence-electron chi connectivity index (χ1n) is 11.8. The SMILES string of the molecule is O=C(OCCc1ccc(OCc2nc(-c3ccccc3)oc2-c2ccccc2)cc1)c1ccccc1. The minimum Gasteiger partial charge on any atom is -0.487 e. The van der Waals surface area contributed by atoms with Gasteiger partial charge in [-0.05, 0) is 42.0 Å². The lowest BCUT2D eigenvalue weighted by atomic mass is 10.1. The fourth-order valence-electron chi connectivity index (χ4n) is 3.79. The molecule has 5 aromatic rings. The summed E-state index contributed by atoms with van der Waals surface area (Å²) in [7, 11) is 0. The number of ether oxygens (including phenoxy) is 2. The second-order valence-electron chi connectivity index (χ2n) is 8.21. The van der Waals surface area contributed by atoms with Crippen LogP contribution in [0.3, 0.4) is 0 Å². The lowest BCUT2D eigenvalue weighted by molar-refractivity contribution is 0.0509. The summed E-state index contributed by atoms with van der Waals surface area (Å²) in [5, 5.41) is 0. The topological polar surface area (TPSA) is 61.6 Å². The first-order chi connectivity index (χ1) is 17.8. The standard InChI is InChI=1S/C31H25NO4/c33-31(26-14-8-3-9-15-26)34-21-20-23-16-18-27(19-17-23)35-22-28-29(24-10-4-1-5-11-24)36-30(32-28)25-12-6-2-7-13-25/h1-19H,20-22H2. The van der Waals surface area contributed by atoms with Gasteiger partial charge in [0, 0.05) is 17.5 Å². The molecule has 1 aromatic heterocycles. The smallest absolute Gasteiger partial charge is 0.338 e. The molecule has 0 N–H and O–H groups in total. The maximum atomic E-state index is 12.1. The zero-order valence-electron chi connectivity index (χ0n) is 19.7. The van der Waals surface area contributed by atoms with Crippen LogP contribution in [0.5, 0.6) is 5.75 Å². The Morgan fingerprint density at radius 3 is 2.00 bits per heavy atom. The lowest BCUT2D eigenvalue weighted by Gasteiger charge is -2.08. The average molecular weight is 476 g/mol. The van der Waals surface area contributed by atoms with Gasteiger partial charge in [0.25, 0.3) is 0 Å². The first-order valence-corrected chi connectivity index (χ1v) is 11.8. The van der Waals surface area contributed by atoms with Crippen molar-refractivity contribution < 1.29 is 18.7 Å². The summed E-state index contributed by atoms with van der Waals surface area (Å²) in [6.45, 7) is 0.587. The van der Waals surface area contributed by atoms with E-state index in [1.807, 2.05) is 103 Å². The molecule has 0 aliphatic carbocycles. The summed E-state index contributed by atoms with van der Waals surface area (Å²) < 4.78 is 17.6. The molecule has 0 fully saturated rings. The van der Waals surface area contributed by atoms with Gasteiger partial charge in [0.1, 0.15) is 18.1 Å². The van der Waals surface area contributed by atoms with E-state index in [1.54, 1.807) is 12.1 Å². The third kappa shape index (κ3) is 5.70. The summed E-state index contributed by atoms with van der Waals surface area (Å²) in [6.07, 6.45) is 0.626. The predicted molar refractivity (Wildman–Crippen MR) is 139 cm³/mol. The van der Waals surface area contributed by atoms with Crippen LogP contribution >= 0.6 is 0 Å². The summed E-state index contributed by atoms with van der Waals surface area (Å²) in [6, 6.07) is 36.5. The number of hydrogen-bond donors (Lipinski definition) is 0. The van der Waals surface area contributed by atoms with Gasteiger partial charge in [0.05, 0.1) is 12.2 Å². The quantitative estimate of drug-likeness (QED) is 0.215. The highest BCUT2D eigenvalue weighted by Gasteiger charge is 2.17. The van der Waals surface area contributed by atoms with Crippen LogP contribution in [-0.2, 0) is 17.8 Å². The van der Waals surface area contributed by atoms with E-state index in [0.717, 1.165) is 28.1 Å². The number of aromatic nitrogens is 1. The molecule has 36 heavy (non-hydrogen) atoms. The van der Waals surface area contributed by atoms with Crippen molar-refractivity contribution in [1.82, 2.24) is 4.98 Å². The Balaban J connectivity index is 1.22. The van der Waals surface area contributed by atoms with Crippen molar-refractivity contribution in [2.75, 3.05) is 6.61 Å². The van der Waals surface area contributed by atoms with E-state index >= 15 is 0 Å². The van der Waals surface area contributed by atoms with Crippen molar-refractivity contribution in [1.29, 1.82) is 0 Å². The van der Waals surface area contributed by atoms with E-state index < -0.39 is 0 Å². The second kappa shape index (κ2) is 11.2. The third-order valence-electron chi connectivity index (χ3n) is 5.69. The fraction of sp³-hybridized carbons (Fsp3) is 0.0968. The van der Waals surface area contributed by atoms with Crippen LogP contribution in [0.15, 0.2) is 120 Å². The van der Waals surface area contributed by atoms with Gasteiger partial charge >= 0.3 is 5.97 Å². The molecular weight excluding hydrogens is 450 g/mol. The lowest BCUT2D eigenvalue weighted by Crippen LogP contribution is -2.08. The van der Waals surface area contributed by atoms with Crippen molar-refractivity contribution in [3.05, 3.63) is 132 Å². The second-order valence-corrected chi connectivity index (χ2v) is 8.21. The molecular formula is C31H25NO4. The largest absolute Gasteiger partial charge is 0.487 e. The molecule has 5 rings (SSSR count). The molecule has 0 spiro atoms. The number of oxazole rings is 1. The molecule has 0 saturated heterocycles. The molecule has 0 amide bonds. The van der Waals surface area contributed by atoms with Crippen molar-refractivity contribution in [3.63, 3.8) is 0 Å². The van der Waals surface area contributed by atoms with E-state index in [4.69, 9.17) is 18.9 Å². The summed E-state index contributed by atoms with van der Waals surface area (Å²) in [5.41, 5.74) is 4.21. The van der Waals surface area contributed by atoms with E-state index in [2.05, 4.69) is 0 Å². The Hall–Kier alpha value is -4.64. The predicted octanol–water partition coefficient (Wildman–Crippen LogP) is 6.99. The fourth-order valence-corrected chi connectivity index (χ4v) is 3.79. The maximum absolute atomic E-state index is 12.1. The van der Waals surface area contributed by atoms with E-state index in [0.29, 0.717) is 30.2 Å². The van der Waals surface area contributed by atoms with Gasteiger partial charge in [-0.2, -0.15) is 0 Å². The number of carbonyl (C=O) groups excluding carboxylic acids is 1. The summed E-state index contributed by atoms with van der Waals surface area (Å²) >= 11 is 0. The molecule has 0 aliphatic heterocycles. The van der Waals surface area contributed by atoms with Crippen LogP contribution in [-0.4, -0.2) is 17.6 Å². The van der Waals surface area contributed by atoms with E-state index in [-0.39, 0.29) is 12.6 Å². The van der Waals surface area contributed by atoms with Crippen molar-refractivity contribution in [3.8, 4) is 28.5 Å². The maximum Gasteiger partial charge on any atom is 0.338 e. The number of hydrogen-bond acceptors (Lipinski definition) is 5. The summed E-state index contributed by atoms with van der Waals surface area (Å²) in [4.78, 5) is 16.8. The van der Waals surface area contributed by atoms with Crippen LogP contribution in [0.2, 0.25) is 0 Å². The van der Waals surface area contributed by atoms with E-state index in [9.17, 15) is 4.79 Å². The van der Waals surface area contributed by atoms with Crippen molar-refractivity contribution >= 4 is 5.97 Å². The molecule has 0 atom stereocenters. The first kappa shape index (κ1) is 23.1. The van der Waals surface area contributed by atoms with Gasteiger partial charge < -0.3 is 13.9 Å². The molecule has 0 aliphatic rings. The Labute approximate surface area is 210 Å². The van der Waals surface area contributed by atoms with Gasteiger partial charge in [0.2, 0.25) is 5.89 Å². The molecule has 5 heteroatoms. The average Bonchev–Trinajstić information content (AvgIpc) is 3.38. The van der Waals surface area contributed by atoms with Crippen LogP contribution in [0, 0.1) is 0 Å². The molecule has 0 unspecified atom stereocenters. The molecule has 0 saturated carbocycles. The Kier molecular flexibility index (Phi) is 7.19. The molecule has 4 aromatic carbocycles. The van der Waals surface area contributed by atoms with Crippen LogP contribution in [0.4, 0.5) is 0 Å². The number of carbonyl (C=O) groups is 1. The molecule has 0 radical (unpaired) electrons. The van der Waals surface area contributed by atoms with Crippen LogP contribution in [0.25, 0.3) is 22.8 Å². The zero-order valence-corrected chi connectivity index (χ0v) is 19.7. The summed E-state index contributed by atoms with van der Waals surface area (Å²) in [5.74, 6) is 1.68. The number of benzene rings is 4. The Morgan fingerprint density at radius 2 is 1.33 bits per heavy atom. The van der Waals surface area contributed by atoms with Crippen LogP contribution < -0.4 is 4.74 Å². The van der Waals surface area contributed by atoms with Gasteiger partial charge in [0.15, 0.2) is 5.76 Å². The van der Waals surface area contributed by atoms with E-state index in [1.165, 1.54) is 0 Å². The third-order valence-corrected chi connectivity index (χ3v) is 5.69. The van der Waals surface area contributed by atoms with Gasteiger partial charge in [-0.15, -0.1) is 0 Å². The van der Waals surface area contributed by atoms with Gasteiger partial charge in [-0.1, -0.05) is 78.9 Å². The minimum absolute atomic E-state index is 0.272. The van der Waals surface area contributed by atoms with Crippen molar-refractivity contribution in [2.45, 2.75) is 13.0 Å². The molecule has 0 bridgehead atoms. The monoisotopic (exact) mass is 475 g/mol. The zero-order chi connectivity index (χ0) is 24.6. The Bertz CT molecular complexity index is 1400. The van der Waals surface area contributed by atoms with Crippen molar-refractivity contribution in [2.24, 2.45) is 0 Å². The highest BCUT2D eigenvalue weighted by Crippen LogP contribution is 2.30. The highest BCUT2D eigenvalue weighted by molar-refractivity contribution is 5.89.